The Labute approximate surface area is 287 Å². The van der Waals surface area contributed by atoms with E-state index in [1.54, 1.807) is 46.5 Å². The van der Waals surface area contributed by atoms with Crippen LogP contribution < -0.4 is 4.74 Å². The van der Waals surface area contributed by atoms with E-state index in [9.17, 15) is 24.6 Å². The van der Waals surface area contributed by atoms with E-state index in [1.165, 1.54) is 0 Å². The Bertz CT molecular complexity index is 2130. The van der Waals surface area contributed by atoms with Crippen LogP contribution in [0.1, 0.15) is 22.3 Å². The van der Waals surface area contributed by atoms with Gasteiger partial charge in [0, 0.05) is 23.9 Å². The first-order valence-electron chi connectivity index (χ1n) is 16.2. The molecule has 1 fully saturated rings. The first-order chi connectivity index (χ1) is 24.1. The fraction of sp³-hybridized carbons (Fsp3) is 0.250. The maximum Gasteiger partial charge on any atom is 0.362 e. The van der Waals surface area contributed by atoms with Gasteiger partial charge in [0.15, 0.2) is 6.35 Å². The quantitative estimate of drug-likeness (QED) is 0.107. The molecule has 3 heterocycles. The minimum Gasteiger partial charge on any atom is -0.481 e. The number of aliphatic hydroxyl groups is 2. The maximum absolute atomic E-state index is 15.0. The molecule has 0 aliphatic carbocycles. The van der Waals surface area contributed by atoms with Crippen LogP contribution in [-0.4, -0.2) is 86.9 Å². The number of fused-ring (bicyclic) bond motifs is 2. The van der Waals surface area contributed by atoms with Crippen LogP contribution >= 0.6 is 7.60 Å². The van der Waals surface area contributed by atoms with Gasteiger partial charge in [-0.15, -0.1) is 0 Å². The van der Waals surface area contributed by atoms with Crippen molar-refractivity contribution in [3.63, 3.8) is 0 Å². The number of aromatic nitrogens is 4. The molecule has 6 N–H and O–H groups in total. The molecule has 2 amide bonds. The second-order valence-electron chi connectivity index (χ2n) is 12.7. The normalized spacial score (nSPS) is 20.0. The van der Waals surface area contributed by atoms with Crippen molar-refractivity contribution in [1.29, 1.82) is 0 Å². The third kappa shape index (κ3) is 7.42. The Kier molecular flexibility index (Phi) is 9.41. The molecule has 1 saturated heterocycles. The van der Waals surface area contributed by atoms with Crippen LogP contribution in [0.3, 0.4) is 0 Å². The Balaban J connectivity index is 1.27. The van der Waals surface area contributed by atoms with E-state index in [4.69, 9.17) is 4.74 Å². The van der Waals surface area contributed by atoms with Gasteiger partial charge in [-0.3, -0.25) is 14.8 Å². The fourth-order valence-corrected chi connectivity index (χ4v) is 6.97. The monoisotopic (exact) mass is 696 g/mol. The number of hydrogen-bond donors (Lipinski definition) is 6. The zero-order chi connectivity index (χ0) is 34.8. The molecule has 50 heavy (non-hydrogen) atoms. The minimum atomic E-state index is -4.37. The molecule has 1 aliphatic heterocycles. The van der Waals surface area contributed by atoms with Crippen LogP contribution in [0.5, 0.6) is 5.75 Å². The number of carbonyl (C=O) groups excluding carboxylic acids is 1. The predicted octanol–water partition coefficient (Wildman–Crippen LogP) is 4.34. The summed E-state index contributed by atoms with van der Waals surface area (Å²) in [4.78, 5) is 36.7. The number of ether oxygens (including phenoxy) is 1. The van der Waals surface area contributed by atoms with Gasteiger partial charge in [0.05, 0.1) is 35.5 Å². The summed E-state index contributed by atoms with van der Waals surface area (Å²) >= 11 is 0. The van der Waals surface area contributed by atoms with Crippen molar-refractivity contribution in [2.24, 2.45) is 0 Å². The number of aromatic amines is 2. The highest BCUT2D eigenvalue weighted by atomic mass is 31.2. The summed E-state index contributed by atoms with van der Waals surface area (Å²) in [6.45, 7) is 0.323. The van der Waals surface area contributed by atoms with Crippen molar-refractivity contribution in [3.05, 3.63) is 126 Å². The number of carbonyl (C=O) groups is 1. The lowest BCUT2D eigenvalue weighted by atomic mass is 9.90. The van der Waals surface area contributed by atoms with Crippen molar-refractivity contribution in [1.82, 2.24) is 30.2 Å². The average Bonchev–Trinajstić information content (AvgIpc) is 3.78. The summed E-state index contributed by atoms with van der Waals surface area (Å²) in [7, 11) is -4.37. The number of H-pyrrole nitrogens is 2. The molecule has 0 spiro atoms. The molecule has 14 heteroatoms. The number of urea groups is 1. The first kappa shape index (κ1) is 33.5. The molecule has 6 aromatic rings. The highest BCUT2D eigenvalue weighted by Gasteiger charge is 2.46. The summed E-state index contributed by atoms with van der Waals surface area (Å²) < 4.78 is 16.5. The largest absolute Gasteiger partial charge is 0.481 e. The van der Waals surface area contributed by atoms with E-state index in [1.807, 2.05) is 66.7 Å². The van der Waals surface area contributed by atoms with Crippen molar-refractivity contribution in [3.8, 4) is 5.75 Å². The molecular weight excluding hydrogens is 659 g/mol. The van der Waals surface area contributed by atoms with E-state index < -0.39 is 38.2 Å². The molecule has 0 unspecified atom stereocenters. The van der Waals surface area contributed by atoms with E-state index in [-0.39, 0.29) is 31.3 Å². The first-order valence-corrected chi connectivity index (χ1v) is 18.0. The predicted molar refractivity (Wildman–Crippen MR) is 186 cm³/mol. The van der Waals surface area contributed by atoms with Gasteiger partial charge in [0.25, 0.3) is 0 Å². The Morgan fingerprint density at radius 3 is 1.66 bits per heavy atom. The van der Waals surface area contributed by atoms with Gasteiger partial charge in [0.1, 0.15) is 18.0 Å². The molecule has 7 rings (SSSR count). The Morgan fingerprint density at radius 1 is 0.680 bits per heavy atom. The molecule has 13 nitrogen and oxygen atoms in total. The molecule has 0 bridgehead atoms. The van der Waals surface area contributed by atoms with Crippen molar-refractivity contribution >= 4 is 35.4 Å². The molecule has 0 saturated carbocycles. The topological polar surface area (TPSA) is 188 Å². The number of nitrogens with one attached hydrogen (secondary N) is 2. The lowest BCUT2D eigenvalue weighted by molar-refractivity contribution is -0.0408. The number of benzene rings is 4. The van der Waals surface area contributed by atoms with Gasteiger partial charge < -0.3 is 34.5 Å². The molecule has 1 aliphatic rings. The maximum atomic E-state index is 15.0. The zero-order valence-corrected chi connectivity index (χ0v) is 27.8. The third-order valence-corrected chi connectivity index (χ3v) is 9.67. The van der Waals surface area contributed by atoms with Gasteiger partial charge in [-0.05, 0) is 71.5 Å². The molecule has 4 atom stereocenters. The van der Waals surface area contributed by atoms with Crippen molar-refractivity contribution < 1.29 is 34.1 Å². The molecule has 4 aromatic carbocycles. The fourth-order valence-electron chi connectivity index (χ4n) is 6.66. The van der Waals surface area contributed by atoms with Crippen LogP contribution in [0.25, 0.3) is 21.8 Å². The van der Waals surface area contributed by atoms with E-state index >= 15 is 4.79 Å². The van der Waals surface area contributed by atoms with Crippen LogP contribution in [-0.2, 0) is 30.5 Å². The van der Waals surface area contributed by atoms with Crippen molar-refractivity contribution in [2.75, 3.05) is 6.35 Å². The number of rotatable bonds is 11. The summed E-state index contributed by atoms with van der Waals surface area (Å²) in [5.74, 6) is 0.267. The number of nitrogens with zero attached hydrogens (tertiary/aromatic N) is 4. The van der Waals surface area contributed by atoms with Gasteiger partial charge in [-0.1, -0.05) is 54.6 Å². The van der Waals surface area contributed by atoms with E-state index in [2.05, 4.69) is 20.4 Å². The lowest BCUT2D eigenvalue weighted by Crippen LogP contribution is -2.50. The third-order valence-electron chi connectivity index (χ3n) is 9.20. The number of aliphatic hydroxyl groups excluding tert-OH is 2. The van der Waals surface area contributed by atoms with Crippen LogP contribution in [0.2, 0.25) is 0 Å². The lowest BCUT2D eigenvalue weighted by Gasteiger charge is -2.36. The average molecular weight is 697 g/mol. The van der Waals surface area contributed by atoms with E-state index in [0.717, 1.165) is 44.1 Å². The van der Waals surface area contributed by atoms with E-state index in [0.29, 0.717) is 6.42 Å². The Hall–Kier alpha value is -5.04. The minimum absolute atomic E-state index is 0.146. The standard InChI is InChI=1S/C36H37N6O7P/c43-34-32(16-23-4-2-1-3-5-23)41(20-25-8-12-30-27(14-25)18-37-39-30)36(45)42(21-26-9-13-31-28(15-26)19-38-40-31)33(35(34)44)17-24-6-10-29(11-7-24)49-22-50(46,47)48/h1-15,18-19,32-35,43-44H,16-17,20-22H2,(H,37,39)(H,38,40)(H2,46,47,48)/t32-,33-,34+,35+/m1/s1. The zero-order valence-electron chi connectivity index (χ0n) is 26.9. The summed E-state index contributed by atoms with van der Waals surface area (Å²) in [5, 5.41) is 40.0. The number of hydrogen-bond acceptors (Lipinski definition) is 7. The van der Waals surface area contributed by atoms with Crippen LogP contribution in [0.15, 0.2) is 103 Å². The summed E-state index contributed by atoms with van der Waals surface area (Å²) in [6, 6.07) is 25.8. The summed E-state index contributed by atoms with van der Waals surface area (Å²) in [5.41, 5.74) is 5.02. The number of amides is 2. The van der Waals surface area contributed by atoms with Crippen LogP contribution in [0, 0.1) is 0 Å². The van der Waals surface area contributed by atoms with Gasteiger partial charge in [0.2, 0.25) is 0 Å². The summed E-state index contributed by atoms with van der Waals surface area (Å²) in [6.07, 6.45) is 0.528. The van der Waals surface area contributed by atoms with Gasteiger partial charge in [-0.25, -0.2) is 4.79 Å². The Morgan fingerprint density at radius 2 is 1.16 bits per heavy atom. The second kappa shape index (κ2) is 14.1. The van der Waals surface area contributed by atoms with Gasteiger partial charge in [-0.2, -0.15) is 10.2 Å². The van der Waals surface area contributed by atoms with Crippen molar-refractivity contribution in [2.45, 2.75) is 50.2 Å². The molecule has 258 valence electrons. The smallest absolute Gasteiger partial charge is 0.362 e. The molecule has 2 aromatic heterocycles. The molecular formula is C36H37N6O7P. The highest BCUT2D eigenvalue weighted by Crippen LogP contribution is 2.35. The highest BCUT2D eigenvalue weighted by molar-refractivity contribution is 7.51. The van der Waals surface area contributed by atoms with Crippen LogP contribution in [0.4, 0.5) is 4.79 Å². The molecule has 0 radical (unpaired) electrons. The van der Waals surface area contributed by atoms with Gasteiger partial charge >= 0.3 is 13.6 Å². The second-order valence-corrected chi connectivity index (χ2v) is 14.3. The SMILES string of the molecule is O=C1N(Cc2ccc3[nH]ncc3c2)[C@H](Cc2ccccc2)[C@H](O)[C@@H](O)[C@@H](Cc2ccc(OCP(=O)(O)O)cc2)N1Cc1ccc2[nH]ncc2c1.